The highest BCUT2D eigenvalue weighted by atomic mass is 16.4. The maximum Gasteiger partial charge on any atom is 0.326 e. The summed E-state index contributed by atoms with van der Waals surface area (Å²) in [6, 6.07) is -2.69. The molecule has 1 aromatic heterocycles. The lowest BCUT2D eigenvalue weighted by Gasteiger charge is -2.30. The molecule has 0 aliphatic carbocycles. The van der Waals surface area contributed by atoms with Gasteiger partial charge in [0.15, 0.2) is 11.9 Å². The van der Waals surface area contributed by atoms with Crippen LogP contribution in [0.15, 0.2) is 40.4 Å². The van der Waals surface area contributed by atoms with Gasteiger partial charge in [0, 0.05) is 36.6 Å². The molecule has 0 aliphatic rings. The van der Waals surface area contributed by atoms with Crippen LogP contribution in [0.1, 0.15) is 130 Å². The lowest BCUT2D eigenvalue weighted by atomic mass is 9.95. The lowest BCUT2D eigenvalue weighted by molar-refractivity contribution is -0.142. The molecule has 84 heavy (non-hydrogen) atoms. The van der Waals surface area contributed by atoms with Crippen molar-refractivity contribution in [3.63, 3.8) is 0 Å². The van der Waals surface area contributed by atoms with Crippen LogP contribution < -0.4 is 88.4 Å². The Morgan fingerprint density at radius 1 is 0.512 bits per heavy atom. The van der Waals surface area contributed by atoms with Crippen LogP contribution in [0.3, 0.4) is 0 Å². The molecule has 0 bridgehead atoms. The van der Waals surface area contributed by atoms with Gasteiger partial charge >= 0.3 is 5.97 Å². The second-order valence-electron chi connectivity index (χ2n) is 21.3. The first-order valence-electron chi connectivity index (χ1n) is 29.1. The van der Waals surface area contributed by atoms with Crippen LogP contribution >= 0.6 is 0 Å². The number of para-hydroxylation sites is 1. The standard InChI is InChI=1S/C55H97N19O10/c1-5-33(4)45(74-49(79)38(19-9-12-24-57)70-51(81)43(67-44(75)30-59)29-34-31-66-36-17-7-6-16-35(34)36)52(82)73-42(28-32(2)3)50(80)71-39(21-14-26-64-54(60)61)47(77)68-37(18-8-11-23-56)46(76)69-40(22-15-27-65-55(62)63)48(78)72-41(53(83)84)20-10-13-25-58/h6-7,16-17,31-33,37-43,45,66H,5,8-15,18-30,56-59H2,1-4H3,(H,67,75)(H,68,77)(H,69,76)(H,70,81)(H,71,80)(H,72,78)(H,73,82)(H,74,79)(H,83,84)(H4,60,61,64)(H4,62,63,65)/t33-,37-,38-,39-,40-,41-,42-,43-,45-/m0/s1. The summed E-state index contributed by atoms with van der Waals surface area (Å²) in [4.78, 5) is 136. The highest BCUT2D eigenvalue weighted by Crippen LogP contribution is 2.20. The number of guanidine groups is 2. The molecule has 0 unspecified atom stereocenters. The Bertz CT molecular complexity index is 2460. The predicted molar refractivity (Wildman–Crippen MR) is 322 cm³/mol. The number of aromatic nitrogens is 1. The van der Waals surface area contributed by atoms with Gasteiger partial charge in [-0.05, 0) is 133 Å². The van der Waals surface area contributed by atoms with E-state index < -0.39 is 114 Å². The predicted octanol–water partition coefficient (Wildman–Crippen LogP) is -2.78. The van der Waals surface area contributed by atoms with Crippen molar-refractivity contribution in [1.29, 1.82) is 0 Å². The Morgan fingerprint density at radius 2 is 0.917 bits per heavy atom. The van der Waals surface area contributed by atoms with Crippen LogP contribution in [-0.2, 0) is 49.6 Å². The number of fused-ring (bicyclic) bond motifs is 1. The van der Waals surface area contributed by atoms with E-state index in [-0.39, 0.29) is 95.3 Å². The molecule has 472 valence electrons. The van der Waals surface area contributed by atoms with Gasteiger partial charge in [0.1, 0.15) is 48.3 Å². The molecular weight excluding hydrogens is 1090 g/mol. The monoisotopic (exact) mass is 1180 g/mol. The molecule has 9 atom stereocenters. The molecule has 0 spiro atoms. The summed E-state index contributed by atoms with van der Waals surface area (Å²) in [6.45, 7) is 7.78. The van der Waals surface area contributed by atoms with Gasteiger partial charge < -0.3 is 98.5 Å². The van der Waals surface area contributed by atoms with Crippen molar-refractivity contribution >= 4 is 76.0 Å². The Labute approximate surface area is 492 Å². The number of aliphatic carboxylic acids is 1. The van der Waals surface area contributed by atoms with E-state index in [0.717, 1.165) is 16.5 Å². The van der Waals surface area contributed by atoms with Crippen molar-refractivity contribution in [2.75, 3.05) is 39.3 Å². The van der Waals surface area contributed by atoms with Crippen molar-refractivity contribution in [2.45, 2.75) is 179 Å². The third kappa shape index (κ3) is 27.2. The van der Waals surface area contributed by atoms with E-state index in [0.29, 0.717) is 58.0 Å². The molecule has 0 saturated heterocycles. The van der Waals surface area contributed by atoms with Crippen molar-refractivity contribution in [1.82, 2.24) is 47.5 Å². The zero-order valence-corrected chi connectivity index (χ0v) is 49.4. The number of aliphatic imine (C=N–C) groups is 2. The largest absolute Gasteiger partial charge is 0.480 e. The van der Waals surface area contributed by atoms with Crippen LogP contribution in [0.25, 0.3) is 10.9 Å². The Balaban J connectivity index is 2.51. The first kappa shape index (κ1) is 72.5. The van der Waals surface area contributed by atoms with Gasteiger partial charge in [-0.15, -0.1) is 0 Å². The summed E-state index contributed by atoms with van der Waals surface area (Å²) < 4.78 is 0. The molecule has 1 aromatic carbocycles. The molecular formula is C55H97N19O10. The van der Waals surface area contributed by atoms with Crippen LogP contribution in [-0.4, -0.2) is 163 Å². The minimum absolute atomic E-state index is 0.0308. The molecule has 1 heterocycles. The van der Waals surface area contributed by atoms with Gasteiger partial charge in [0.2, 0.25) is 47.3 Å². The van der Waals surface area contributed by atoms with Crippen molar-refractivity contribution in [3.8, 4) is 0 Å². The summed E-state index contributed by atoms with van der Waals surface area (Å²) >= 11 is 0. The maximum atomic E-state index is 14.5. The van der Waals surface area contributed by atoms with Gasteiger partial charge in [-0.2, -0.15) is 0 Å². The van der Waals surface area contributed by atoms with Crippen LogP contribution in [0, 0.1) is 11.8 Å². The van der Waals surface area contributed by atoms with Gasteiger partial charge in [-0.3, -0.25) is 48.3 Å². The fourth-order valence-corrected chi connectivity index (χ4v) is 9.08. The van der Waals surface area contributed by atoms with Crippen LogP contribution in [0.4, 0.5) is 0 Å². The SMILES string of the molecule is CC[C@H](C)[C@H](NC(=O)[C@H](CCCCN)NC(=O)[C@H](Cc1c[nH]c2ccccc12)NC(=O)CN)C(=O)N[C@@H](CC(C)C)C(=O)N[C@@H](CCCN=C(N)N)C(=O)N[C@@H](CCCCN)C(=O)N[C@@H](CCCN=C(N)N)C(=O)N[C@@H](CCCCN)C(=O)O. The summed E-state index contributed by atoms with van der Waals surface area (Å²) in [7, 11) is 0. The second kappa shape index (κ2) is 39.8. The number of nitrogens with two attached hydrogens (primary N) is 8. The number of amides is 8. The van der Waals surface area contributed by atoms with Gasteiger partial charge in [0.25, 0.3) is 0 Å². The normalized spacial score (nSPS) is 14.4. The third-order valence-corrected chi connectivity index (χ3v) is 13.9. The van der Waals surface area contributed by atoms with E-state index >= 15 is 0 Å². The Kier molecular flexibility index (Phi) is 34.3. The molecule has 2 aromatic rings. The van der Waals surface area contributed by atoms with Gasteiger partial charge in [-0.1, -0.05) is 52.3 Å². The molecule has 0 aliphatic heterocycles. The van der Waals surface area contributed by atoms with E-state index in [9.17, 15) is 48.3 Å². The lowest BCUT2D eigenvalue weighted by Crippen LogP contribution is -2.61. The number of carbonyl (C=O) groups is 9. The number of nitrogens with zero attached hydrogens (tertiary/aromatic N) is 2. The molecule has 29 heteroatoms. The minimum Gasteiger partial charge on any atom is -0.480 e. The number of H-pyrrole nitrogens is 1. The van der Waals surface area contributed by atoms with E-state index in [1.54, 1.807) is 13.1 Å². The number of carboxylic acids is 1. The molecule has 26 N–H and O–H groups in total. The zero-order valence-electron chi connectivity index (χ0n) is 49.4. The number of unbranched alkanes of at least 4 members (excludes halogenated alkanes) is 3. The number of carbonyl (C=O) groups excluding carboxylic acids is 8. The van der Waals surface area contributed by atoms with E-state index in [1.807, 2.05) is 45.0 Å². The van der Waals surface area contributed by atoms with Crippen molar-refractivity contribution in [2.24, 2.45) is 67.7 Å². The molecule has 8 amide bonds. The first-order chi connectivity index (χ1) is 40.0. The van der Waals surface area contributed by atoms with E-state index in [4.69, 9.17) is 45.9 Å². The zero-order chi connectivity index (χ0) is 62.7. The summed E-state index contributed by atoms with van der Waals surface area (Å²) in [6.07, 6.45) is 5.36. The van der Waals surface area contributed by atoms with Crippen LogP contribution in [0.2, 0.25) is 0 Å². The summed E-state index contributed by atoms with van der Waals surface area (Å²) in [5.74, 6) is -8.31. The molecule has 0 fully saturated rings. The van der Waals surface area contributed by atoms with Gasteiger partial charge in [0.05, 0.1) is 6.54 Å². The number of rotatable bonds is 43. The number of aromatic amines is 1. The molecule has 2 rings (SSSR count). The average Bonchev–Trinajstić information content (AvgIpc) is 3.52. The highest BCUT2D eigenvalue weighted by Gasteiger charge is 2.36. The number of hydrogen-bond acceptors (Lipinski definition) is 15. The Hall–Kier alpha value is -7.63. The number of carboxylic acid groups (broad SMARTS) is 1. The first-order valence-corrected chi connectivity index (χ1v) is 29.1. The molecule has 29 nitrogen and oxygen atoms in total. The third-order valence-electron chi connectivity index (χ3n) is 13.9. The molecule has 0 radical (unpaired) electrons. The van der Waals surface area contributed by atoms with E-state index in [2.05, 4.69) is 57.5 Å². The van der Waals surface area contributed by atoms with Gasteiger partial charge in [-0.25, -0.2) is 4.79 Å². The topological polar surface area (TPSA) is 519 Å². The highest BCUT2D eigenvalue weighted by molar-refractivity contribution is 5.98. The smallest absolute Gasteiger partial charge is 0.326 e. The number of hydrogen-bond donors (Lipinski definition) is 18. The van der Waals surface area contributed by atoms with E-state index in [1.165, 1.54) is 0 Å². The van der Waals surface area contributed by atoms with Crippen molar-refractivity contribution in [3.05, 3.63) is 36.0 Å². The Morgan fingerprint density at radius 3 is 1.35 bits per heavy atom. The second-order valence-corrected chi connectivity index (χ2v) is 21.3. The van der Waals surface area contributed by atoms with Crippen molar-refractivity contribution < 1.29 is 48.3 Å². The molecule has 0 saturated carbocycles. The quantitative estimate of drug-likeness (QED) is 0.0181. The number of benzene rings is 1. The average molecular weight is 1180 g/mol. The summed E-state index contributed by atoms with van der Waals surface area (Å²) in [5, 5.41) is 32.5. The summed E-state index contributed by atoms with van der Waals surface area (Å²) in [5.41, 5.74) is 46.5. The fraction of sp³-hybridized carbons (Fsp3) is 0.655. The van der Waals surface area contributed by atoms with Crippen LogP contribution in [0.5, 0.6) is 0 Å². The fourth-order valence-electron chi connectivity index (χ4n) is 9.08. The minimum atomic E-state index is -1.36. The number of nitrogens with one attached hydrogen (secondary N) is 9. The maximum absolute atomic E-state index is 14.5.